The molecule has 2 atom stereocenters. The number of halogens is 1. The lowest BCUT2D eigenvalue weighted by molar-refractivity contribution is 0.353. The zero-order valence-corrected chi connectivity index (χ0v) is 13.6. The van der Waals surface area contributed by atoms with Gasteiger partial charge in [-0.15, -0.1) is 0 Å². The molecule has 0 spiro atoms. The second kappa shape index (κ2) is 7.72. The molecule has 3 N–H and O–H groups in total. The van der Waals surface area contributed by atoms with Gasteiger partial charge >= 0.3 is 0 Å². The first-order valence-electron chi connectivity index (χ1n) is 6.44. The maximum Gasteiger partial charge on any atom is 0.161 e. The Morgan fingerprint density at radius 3 is 2.32 bits per heavy atom. The van der Waals surface area contributed by atoms with Crippen LogP contribution in [0, 0.1) is 0 Å². The van der Waals surface area contributed by atoms with Crippen LogP contribution in [0.5, 0.6) is 11.5 Å². The third kappa shape index (κ3) is 4.09. The van der Waals surface area contributed by atoms with Crippen molar-refractivity contribution in [3.63, 3.8) is 0 Å². The van der Waals surface area contributed by atoms with E-state index in [9.17, 15) is 0 Å². The van der Waals surface area contributed by atoms with Gasteiger partial charge in [0.15, 0.2) is 11.5 Å². The summed E-state index contributed by atoms with van der Waals surface area (Å²) in [6.07, 6.45) is 1.06. The Kier molecular flexibility index (Phi) is 6.62. The molecule has 0 aromatic heterocycles. The number of rotatable bonds is 7. The van der Waals surface area contributed by atoms with Crippen LogP contribution in [0.2, 0.25) is 0 Å². The van der Waals surface area contributed by atoms with Gasteiger partial charge < -0.3 is 20.5 Å². The van der Waals surface area contributed by atoms with E-state index in [0.717, 1.165) is 16.5 Å². The summed E-state index contributed by atoms with van der Waals surface area (Å²) >= 11 is 3.57. The van der Waals surface area contributed by atoms with Crippen molar-refractivity contribution in [1.29, 1.82) is 0 Å². The maximum atomic E-state index is 5.88. The Balaban J connectivity index is 3.09. The molecule has 4 nitrogen and oxygen atoms in total. The number of benzene rings is 1. The summed E-state index contributed by atoms with van der Waals surface area (Å²) in [6, 6.07) is 4.38. The number of methoxy groups -OCH3 is 2. The van der Waals surface area contributed by atoms with Gasteiger partial charge in [0.2, 0.25) is 0 Å². The lowest BCUT2D eigenvalue weighted by atomic mass is 10.0. The van der Waals surface area contributed by atoms with Crippen molar-refractivity contribution in [3.05, 3.63) is 22.2 Å². The predicted molar refractivity (Wildman–Crippen MR) is 81.9 cm³/mol. The first kappa shape index (κ1) is 16.3. The summed E-state index contributed by atoms with van der Waals surface area (Å²) < 4.78 is 11.6. The zero-order valence-electron chi connectivity index (χ0n) is 12.0. The van der Waals surface area contributed by atoms with Crippen molar-refractivity contribution in [2.24, 2.45) is 5.73 Å². The lowest BCUT2D eigenvalue weighted by Gasteiger charge is -2.23. The molecular weight excluding hydrogens is 308 g/mol. The van der Waals surface area contributed by atoms with Gasteiger partial charge in [-0.25, -0.2) is 0 Å². The molecule has 1 aromatic rings. The van der Waals surface area contributed by atoms with Crippen LogP contribution in [-0.2, 0) is 0 Å². The van der Waals surface area contributed by atoms with E-state index in [-0.39, 0.29) is 6.04 Å². The minimum atomic E-state index is 0.0872. The van der Waals surface area contributed by atoms with Gasteiger partial charge in [0.05, 0.1) is 14.2 Å². The van der Waals surface area contributed by atoms with Crippen LogP contribution >= 0.6 is 15.9 Å². The molecule has 19 heavy (non-hydrogen) atoms. The van der Waals surface area contributed by atoms with Crippen molar-refractivity contribution in [1.82, 2.24) is 5.32 Å². The van der Waals surface area contributed by atoms with Crippen LogP contribution in [0.3, 0.4) is 0 Å². The van der Waals surface area contributed by atoms with Gasteiger partial charge in [-0.3, -0.25) is 0 Å². The van der Waals surface area contributed by atoms with E-state index in [2.05, 4.69) is 35.1 Å². The SMILES string of the molecule is CCC(C)NC(CN)c1cc(OC)c(OC)cc1Br. The Bertz CT molecular complexity index is 413. The quantitative estimate of drug-likeness (QED) is 0.807. The third-order valence-corrected chi connectivity index (χ3v) is 3.90. The number of nitrogens with two attached hydrogens (primary N) is 1. The standard InChI is InChI=1S/C14H23BrN2O2/c1-5-9(2)17-12(8-16)10-6-13(18-3)14(19-4)7-11(10)15/h6-7,9,12,17H,5,8,16H2,1-4H3. The van der Waals surface area contributed by atoms with Crippen LogP contribution in [-0.4, -0.2) is 26.8 Å². The van der Waals surface area contributed by atoms with Gasteiger partial charge in [0.25, 0.3) is 0 Å². The van der Waals surface area contributed by atoms with Crippen molar-refractivity contribution in [2.45, 2.75) is 32.4 Å². The summed E-state index contributed by atoms with van der Waals surface area (Å²) in [6.45, 7) is 4.82. The fourth-order valence-corrected chi connectivity index (χ4v) is 2.48. The lowest BCUT2D eigenvalue weighted by Crippen LogP contribution is -2.34. The van der Waals surface area contributed by atoms with E-state index in [1.54, 1.807) is 14.2 Å². The molecule has 0 heterocycles. The fourth-order valence-electron chi connectivity index (χ4n) is 1.88. The Labute approximate surface area is 123 Å². The van der Waals surface area contributed by atoms with Gasteiger partial charge in [0.1, 0.15) is 0 Å². The second-order valence-corrected chi connectivity index (χ2v) is 5.35. The van der Waals surface area contributed by atoms with Gasteiger partial charge in [-0.2, -0.15) is 0 Å². The van der Waals surface area contributed by atoms with E-state index in [1.807, 2.05) is 12.1 Å². The summed E-state index contributed by atoms with van der Waals surface area (Å²) in [4.78, 5) is 0. The topological polar surface area (TPSA) is 56.5 Å². The first-order valence-corrected chi connectivity index (χ1v) is 7.24. The largest absolute Gasteiger partial charge is 0.493 e. The molecule has 0 aliphatic carbocycles. The Hall–Kier alpha value is -0.780. The molecule has 5 heteroatoms. The molecule has 108 valence electrons. The molecule has 0 bridgehead atoms. The molecule has 0 amide bonds. The van der Waals surface area contributed by atoms with Gasteiger partial charge in [-0.05, 0) is 31.0 Å². The first-order chi connectivity index (χ1) is 9.07. The molecule has 1 rings (SSSR count). The van der Waals surface area contributed by atoms with Crippen LogP contribution < -0.4 is 20.5 Å². The van der Waals surface area contributed by atoms with E-state index >= 15 is 0 Å². The average molecular weight is 331 g/mol. The maximum absolute atomic E-state index is 5.88. The highest BCUT2D eigenvalue weighted by molar-refractivity contribution is 9.10. The van der Waals surface area contributed by atoms with Crippen molar-refractivity contribution >= 4 is 15.9 Å². The Morgan fingerprint density at radius 2 is 1.84 bits per heavy atom. The van der Waals surface area contributed by atoms with Gasteiger partial charge in [0, 0.05) is 23.1 Å². The minimum Gasteiger partial charge on any atom is -0.493 e. The summed E-state index contributed by atoms with van der Waals surface area (Å²) in [5.41, 5.74) is 6.97. The van der Waals surface area contributed by atoms with Crippen LogP contribution in [0.15, 0.2) is 16.6 Å². The number of hydrogen-bond acceptors (Lipinski definition) is 4. The van der Waals surface area contributed by atoms with Crippen LogP contribution in [0.1, 0.15) is 31.9 Å². The third-order valence-electron chi connectivity index (χ3n) is 3.21. The monoisotopic (exact) mass is 330 g/mol. The molecule has 0 saturated heterocycles. The smallest absolute Gasteiger partial charge is 0.161 e. The highest BCUT2D eigenvalue weighted by Crippen LogP contribution is 2.35. The molecule has 0 radical (unpaired) electrons. The second-order valence-electron chi connectivity index (χ2n) is 4.49. The van der Waals surface area contributed by atoms with Gasteiger partial charge in [-0.1, -0.05) is 22.9 Å². The normalized spacial score (nSPS) is 14.0. The molecule has 0 aliphatic heterocycles. The van der Waals surface area contributed by atoms with Crippen LogP contribution in [0.4, 0.5) is 0 Å². The molecule has 1 aromatic carbocycles. The van der Waals surface area contributed by atoms with Crippen LogP contribution in [0.25, 0.3) is 0 Å². The summed E-state index contributed by atoms with van der Waals surface area (Å²) in [7, 11) is 3.26. The van der Waals surface area contributed by atoms with Crippen molar-refractivity contribution in [2.75, 3.05) is 20.8 Å². The Morgan fingerprint density at radius 1 is 1.26 bits per heavy atom. The number of hydrogen-bond donors (Lipinski definition) is 2. The predicted octanol–water partition coefficient (Wildman–Crippen LogP) is 2.85. The van der Waals surface area contributed by atoms with E-state index < -0.39 is 0 Å². The minimum absolute atomic E-state index is 0.0872. The average Bonchev–Trinajstić information content (AvgIpc) is 2.44. The molecule has 2 unspecified atom stereocenters. The highest BCUT2D eigenvalue weighted by Gasteiger charge is 2.18. The highest BCUT2D eigenvalue weighted by atomic mass is 79.9. The van der Waals surface area contributed by atoms with E-state index in [1.165, 1.54) is 0 Å². The number of nitrogens with one attached hydrogen (secondary N) is 1. The fraction of sp³-hybridized carbons (Fsp3) is 0.571. The molecule has 0 saturated carbocycles. The molecular formula is C14H23BrN2O2. The molecule has 0 aliphatic rings. The molecule has 0 fully saturated rings. The summed E-state index contributed by atoms with van der Waals surface area (Å²) in [5.74, 6) is 1.42. The van der Waals surface area contributed by atoms with E-state index in [4.69, 9.17) is 15.2 Å². The van der Waals surface area contributed by atoms with Crippen molar-refractivity contribution in [3.8, 4) is 11.5 Å². The van der Waals surface area contributed by atoms with E-state index in [0.29, 0.717) is 24.1 Å². The van der Waals surface area contributed by atoms with Crippen molar-refractivity contribution < 1.29 is 9.47 Å². The number of ether oxygens (including phenoxy) is 2. The zero-order chi connectivity index (χ0) is 14.4. The summed E-state index contributed by atoms with van der Waals surface area (Å²) in [5, 5.41) is 3.51.